The van der Waals surface area contributed by atoms with E-state index < -0.39 is 5.91 Å². The number of aryl methyl sites for hydroxylation is 1. The molecule has 1 fully saturated rings. The third kappa shape index (κ3) is 4.54. The van der Waals surface area contributed by atoms with E-state index >= 15 is 0 Å². The molecule has 0 aliphatic carbocycles. The third-order valence-corrected chi connectivity index (χ3v) is 5.31. The summed E-state index contributed by atoms with van der Waals surface area (Å²) in [6.07, 6.45) is 6.72. The number of hydrogen-bond acceptors (Lipinski definition) is 6. The summed E-state index contributed by atoms with van der Waals surface area (Å²) in [4.78, 5) is 31.6. The van der Waals surface area contributed by atoms with Crippen LogP contribution in [0.3, 0.4) is 0 Å². The minimum Gasteiger partial charge on any atom is -0.378 e. The molecule has 0 atom stereocenters. The van der Waals surface area contributed by atoms with Gasteiger partial charge in [0, 0.05) is 37.9 Å². The second-order valence-electron chi connectivity index (χ2n) is 7.25. The number of aromatic nitrogens is 2. The van der Waals surface area contributed by atoms with Crippen LogP contribution in [-0.2, 0) is 17.7 Å². The number of amides is 1. The maximum Gasteiger partial charge on any atom is 0.278 e. The van der Waals surface area contributed by atoms with Gasteiger partial charge in [0.05, 0.1) is 19.4 Å². The molecule has 0 saturated carbocycles. The van der Waals surface area contributed by atoms with E-state index in [0.717, 1.165) is 69.1 Å². The second kappa shape index (κ2) is 9.00. The molecule has 1 saturated heterocycles. The van der Waals surface area contributed by atoms with Crippen LogP contribution in [0.4, 0.5) is 5.69 Å². The molecule has 2 aliphatic rings. The molecule has 8 heteroatoms. The molecular weight excluding hydrogens is 370 g/mol. The monoisotopic (exact) mass is 395 g/mol. The van der Waals surface area contributed by atoms with Crippen LogP contribution in [0, 0.1) is 0 Å². The van der Waals surface area contributed by atoms with Gasteiger partial charge in [0.2, 0.25) is 0 Å². The van der Waals surface area contributed by atoms with E-state index in [1.54, 1.807) is 10.8 Å². The van der Waals surface area contributed by atoms with Crippen molar-refractivity contribution in [2.24, 2.45) is 5.10 Å². The van der Waals surface area contributed by atoms with Crippen molar-refractivity contribution in [3.8, 4) is 0 Å². The van der Waals surface area contributed by atoms with Crippen LogP contribution in [-0.4, -0.2) is 48.0 Å². The number of nitrogens with one attached hydrogen (secondary N) is 1. The van der Waals surface area contributed by atoms with Gasteiger partial charge in [-0.2, -0.15) is 5.10 Å². The molecule has 8 nitrogen and oxygen atoms in total. The topological polar surface area (TPSA) is 88.8 Å². The van der Waals surface area contributed by atoms with Crippen LogP contribution in [0.25, 0.3) is 0 Å². The SMILES string of the molecule is O=C(N/N=C/c1ccc(N2CCOCC2)cc1)c1cnc2n(c1=O)CCCCC2. The molecule has 0 bridgehead atoms. The van der Waals surface area contributed by atoms with Crippen molar-refractivity contribution in [3.05, 3.63) is 57.8 Å². The molecular formula is C21H25N5O3. The molecule has 29 heavy (non-hydrogen) atoms. The van der Waals surface area contributed by atoms with Crippen molar-refractivity contribution in [1.29, 1.82) is 0 Å². The molecule has 1 aromatic carbocycles. The van der Waals surface area contributed by atoms with Crippen molar-refractivity contribution in [2.45, 2.75) is 32.2 Å². The Hall–Kier alpha value is -3.00. The Kier molecular flexibility index (Phi) is 6.00. The normalized spacial score (nSPS) is 17.0. The Balaban J connectivity index is 1.40. The highest BCUT2D eigenvalue weighted by Crippen LogP contribution is 2.16. The van der Waals surface area contributed by atoms with Crippen LogP contribution in [0.2, 0.25) is 0 Å². The van der Waals surface area contributed by atoms with Crippen molar-refractivity contribution in [2.75, 3.05) is 31.2 Å². The summed E-state index contributed by atoms with van der Waals surface area (Å²) in [7, 11) is 0. The lowest BCUT2D eigenvalue weighted by Gasteiger charge is -2.28. The highest BCUT2D eigenvalue weighted by atomic mass is 16.5. The molecule has 1 N–H and O–H groups in total. The first kappa shape index (κ1) is 19.3. The van der Waals surface area contributed by atoms with Gasteiger partial charge in [0.1, 0.15) is 11.4 Å². The van der Waals surface area contributed by atoms with E-state index in [-0.39, 0.29) is 11.1 Å². The molecule has 152 valence electrons. The quantitative estimate of drug-likeness (QED) is 0.627. The summed E-state index contributed by atoms with van der Waals surface area (Å²) in [5.41, 5.74) is 4.17. The molecule has 3 heterocycles. The fraction of sp³-hybridized carbons (Fsp3) is 0.429. The zero-order chi connectivity index (χ0) is 20.1. The second-order valence-corrected chi connectivity index (χ2v) is 7.25. The first-order valence-electron chi connectivity index (χ1n) is 10.1. The summed E-state index contributed by atoms with van der Waals surface area (Å²) in [6.45, 7) is 3.86. The van der Waals surface area contributed by atoms with Crippen molar-refractivity contribution in [3.63, 3.8) is 0 Å². The maximum atomic E-state index is 12.6. The Labute approximate surface area is 169 Å². The number of carbonyl (C=O) groups is 1. The standard InChI is InChI=1S/C21H25N5O3/c27-20(18-15-22-19-4-2-1-3-9-26(19)21(18)28)24-23-14-16-5-7-17(8-6-16)25-10-12-29-13-11-25/h5-8,14-15H,1-4,9-13H2,(H,24,27)/b23-14+. The van der Waals surface area contributed by atoms with Gasteiger partial charge in [0.25, 0.3) is 11.5 Å². The van der Waals surface area contributed by atoms with Crippen molar-refractivity contribution in [1.82, 2.24) is 15.0 Å². The average Bonchev–Trinajstić information content (AvgIpc) is 3.01. The number of nitrogens with zero attached hydrogens (tertiary/aromatic N) is 4. The fourth-order valence-electron chi connectivity index (χ4n) is 3.66. The summed E-state index contributed by atoms with van der Waals surface area (Å²) < 4.78 is 6.99. The van der Waals surface area contributed by atoms with Crippen molar-refractivity contribution >= 4 is 17.8 Å². The van der Waals surface area contributed by atoms with Crippen LogP contribution >= 0.6 is 0 Å². The van der Waals surface area contributed by atoms with E-state index in [4.69, 9.17) is 4.74 Å². The first-order chi connectivity index (χ1) is 14.2. The highest BCUT2D eigenvalue weighted by Gasteiger charge is 2.17. The number of rotatable bonds is 4. The third-order valence-electron chi connectivity index (χ3n) is 5.31. The van der Waals surface area contributed by atoms with Gasteiger partial charge in [0.15, 0.2) is 0 Å². The van der Waals surface area contributed by atoms with Gasteiger partial charge in [-0.25, -0.2) is 10.4 Å². The smallest absolute Gasteiger partial charge is 0.278 e. The minimum absolute atomic E-state index is 0.0236. The van der Waals surface area contributed by atoms with E-state index in [2.05, 4.69) is 20.4 Å². The van der Waals surface area contributed by atoms with Gasteiger partial charge in [-0.3, -0.25) is 14.2 Å². The maximum absolute atomic E-state index is 12.6. The van der Waals surface area contributed by atoms with E-state index in [1.807, 2.05) is 24.3 Å². The van der Waals surface area contributed by atoms with Gasteiger partial charge in [-0.15, -0.1) is 0 Å². The van der Waals surface area contributed by atoms with E-state index in [1.165, 1.54) is 6.20 Å². The van der Waals surface area contributed by atoms with Crippen LogP contribution in [0.15, 0.2) is 40.4 Å². The zero-order valence-corrected chi connectivity index (χ0v) is 16.3. The molecule has 0 radical (unpaired) electrons. The number of fused-ring (bicyclic) bond motifs is 1. The highest BCUT2D eigenvalue weighted by molar-refractivity contribution is 5.94. The zero-order valence-electron chi connectivity index (χ0n) is 16.3. The number of benzene rings is 1. The van der Waals surface area contributed by atoms with E-state index in [0.29, 0.717) is 6.54 Å². The Morgan fingerprint density at radius 1 is 1.10 bits per heavy atom. The lowest BCUT2D eigenvalue weighted by Crippen LogP contribution is -2.36. The molecule has 1 amide bonds. The number of ether oxygens (including phenoxy) is 1. The Morgan fingerprint density at radius 2 is 1.90 bits per heavy atom. The molecule has 2 aliphatic heterocycles. The van der Waals surface area contributed by atoms with Crippen molar-refractivity contribution < 1.29 is 9.53 Å². The van der Waals surface area contributed by atoms with Gasteiger partial charge in [-0.05, 0) is 30.5 Å². The Morgan fingerprint density at radius 3 is 2.69 bits per heavy atom. The minimum atomic E-state index is -0.539. The summed E-state index contributed by atoms with van der Waals surface area (Å²) >= 11 is 0. The molecule has 0 spiro atoms. The van der Waals surface area contributed by atoms with Gasteiger partial charge < -0.3 is 9.64 Å². The van der Waals surface area contributed by atoms with Gasteiger partial charge >= 0.3 is 0 Å². The summed E-state index contributed by atoms with van der Waals surface area (Å²) in [6, 6.07) is 7.94. The number of anilines is 1. The number of hydrazone groups is 1. The molecule has 0 unspecified atom stereocenters. The van der Waals surface area contributed by atoms with E-state index in [9.17, 15) is 9.59 Å². The predicted molar refractivity (Wildman–Crippen MR) is 111 cm³/mol. The molecule has 2 aromatic rings. The number of carbonyl (C=O) groups excluding carboxylic acids is 1. The first-order valence-corrected chi connectivity index (χ1v) is 10.1. The Bertz CT molecular complexity index is 946. The van der Waals surface area contributed by atoms with Crippen LogP contribution in [0.1, 0.15) is 41.0 Å². The van der Waals surface area contributed by atoms with Gasteiger partial charge in [-0.1, -0.05) is 18.6 Å². The predicted octanol–water partition coefficient (Wildman–Crippen LogP) is 1.57. The lowest BCUT2D eigenvalue weighted by atomic mass is 10.2. The lowest BCUT2D eigenvalue weighted by molar-refractivity contribution is 0.0952. The fourth-order valence-corrected chi connectivity index (χ4v) is 3.66. The van der Waals surface area contributed by atoms with Crippen LogP contribution < -0.4 is 15.9 Å². The molecule has 1 aromatic heterocycles. The summed E-state index contributed by atoms with van der Waals surface area (Å²) in [5, 5.41) is 4.00. The number of morpholine rings is 1. The van der Waals surface area contributed by atoms with Crippen LogP contribution in [0.5, 0.6) is 0 Å². The average molecular weight is 395 g/mol. The largest absolute Gasteiger partial charge is 0.378 e. The summed E-state index contributed by atoms with van der Waals surface area (Å²) in [5.74, 6) is 0.219. The number of hydrogen-bond donors (Lipinski definition) is 1. The molecule has 4 rings (SSSR count).